The molecule has 1 aromatic carbocycles. The molecule has 0 saturated carbocycles. The van der Waals surface area contributed by atoms with Crippen molar-refractivity contribution in [1.82, 2.24) is 9.80 Å². The Balaban J connectivity index is 1.81. The first-order valence-corrected chi connectivity index (χ1v) is 13.6. The Labute approximate surface area is 229 Å². The van der Waals surface area contributed by atoms with Crippen LogP contribution in [0, 0.1) is 17.8 Å². The topological polar surface area (TPSA) is 90.4 Å². The van der Waals surface area contributed by atoms with Crippen molar-refractivity contribution in [2.75, 3.05) is 38.2 Å². The minimum atomic E-state index is -1.14. The number of carbonyl (C=O) groups excluding carboxylic acids is 3. The van der Waals surface area contributed by atoms with Gasteiger partial charge in [-0.3, -0.25) is 14.4 Å². The molecular weight excluding hydrogens is 506 g/mol. The van der Waals surface area contributed by atoms with Crippen molar-refractivity contribution in [3.05, 3.63) is 54.6 Å². The monoisotopic (exact) mass is 543 g/mol. The van der Waals surface area contributed by atoms with E-state index >= 15 is 0 Å². The third kappa shape index (κ3) is 4.36. The Bertz CT molecular complexity index is 1110. The zero-order chi connectivity index (χ0) is 27.8. The van der Waals surface area contributed by atoms with Crippen molar-refractivity contribution in [1.29, 1.82) is 0 Å². The van der Waals surface area contributed by atoms with Gasteiger partial charge in [-0.1, -0.05) is 30.7 Å². The van der Waals surface area contributed by atoms with Gasteiger partial charge in [0.05, 0.1) is 17.4 Å². The molecule has 3 heterocycles. The van der Waals surface area contributed by atoms with Crippen LogP contribution in [-0.2, 0) is 19.1 Å². The average molecular weight is 544 g/mol. The zero-order valence-corrected chi connectivity index (χ0v) is 23.2. The first kappa shape index (κ1) is 28.3. The number of aliphatic hydroxyl groups excluding tert-OH is 1. The minimum absolute atomic E-state index is 0.0123. The van der Waals surface area contributed by atoms with E-state index in [0.29, 0.717) is 36.5 Å². The number of carbonyl (C=O) groups is 3. The van der Waals surface area contributed by atoms with Crippen molar-refractivity contribution in [3.8, 4) is 0 Å². The second-order valence-corrected chi connectivity index (χ2v) is 11.3. The summed E-state index contributed by atoms with van der Waals surface area (Å²) in [7, 11) is 1.70. The van der Waals surface area contributed by atoms with E-state index in [9.17, 15) is 19.5 Å². The molecule has 0 radical (unpaired) electrons. The highest BCUT2D eigenvalue weighted by atomic mass is 35.5. The Morgan fingerprint density at radius 1 is 1.18 bits per heavy atom. The van der Waals surface area contributed by atoms with Crippen LogP contribution in [0.4, 0.5) is 5.69 Å². The van der Waals surface area contributed by atoms with Gasteiger partial charge >= 0.3 is 0 Å². The van der Waals surface area contributed by atoms with Gasteiger partial charge in [0.2, 0.25) is 11.8 Å². The molecule has 2 bridgehead atoms. The number of amides is 3. The normalized spacial score (nSPS) is 31.3. The third-order valence-electron chi connectivity index (χ3n) is 8.62. The highest BCUT2D eigenvalue weighted by Crippen LogP contribution is 2.65. The molecule has 0 aliphatic carbocycles. The number of unbranched alkanes of at least 4 members (excludes halogenated alkanes) is 1. The van der Waals surface area contributed by atoms with Crippen molar-refractivity contribution in [2.24, 2.45) is 17.8 Å². The summed E-state index contributed by atoms with van der Waals surface area (Å²) in [6.45, 7) is 12.4. The fourth-order valence-corrected chi connectivity index (χ4v) is 6.90. The van der Waals surface area contributed by atoms with Gasteiger partial charge in [-0.2, -0.15) is 0 Å². The summed E-state index contributed by atoms with van der Waals surface area (Å²) in [5, 5.41) is 9.93. The highest BCUT2D eigenvalue weighted by Gasteiger charge is 2.80. The maximum absolute atomic E-state index is 14.5. The van der Waals surface area contributed by atoms with Crippen molar-refractivity contribution in [3.63, 3.8) is 0 Å². The van der Waals surface area contributed by atoms with Crippen LogP contribution in [0.15, 0.2) is 49.6 Å². The summed E-state index contributed by atoms with van der Waals surface area (Å²) in [4.78, 5) is 47.2. The number of nitrogens with zero attached hydrogens (tertiary/aromatic N) is 3. The number of hydrogen-bond donors (Lipinski definition) is 1. The van der Waals surface area contributed by atoms with Crippen LogP contribution in [0.3, 0.4) is 0 Å². The average Bonchev–Trinajstić information content (AvgIpc) is 3.39. The summed E-state index contributed by atoms with van der Waals surface area (Å²) < 4.78 is 6.79. The van der Waals surface area contributed by atoms with Crippen molar-refractivity contribution < 1.29 is 24.2 Å². The quantitative estimate of drug-likeness (QED) is 0.342. The SMILES string of the molecule is C=CCN(C)C(=O)[C@@H]1[C@H]2C(=O)N(CCCCO)C(C(=O)N(CC=C)c3ccc(Cl)cc3)C23CC(C)[C@@]1(C)O3. The number of aliphatic hydroxyl groups is 1. The van der Waals surface area contributed by atoms with Gasteiger partial charge < -0.3 is 24.5 Å². The molecule has 0 aromatic heterocycles. The number of halogens is 1. The van der Waals surface area contributed by atoms with Crippen LogP contribution in [0.2, 0.25) is 5.02 Å². The molecule has 9 heteroatoms. The molecule has 1 N–H and O–H groups in total. The van der Waals surface area contributed by atoms with E-state index in [4.69, 9.17) is 16.3 Å². The first-order valence-electron chi connectivity index (χ1n) is 13.2. The molecule has 3 unspecified atom stereocenters. The minimum Gasteiger partial charge on any atom is -0.396 e. The van der Waals surface area contributed by atoms with Gasteiger partial charge in [-0.05, 0) is 56.4 Å². The molecule has 38 heavy (non-hydrogen) atoms. The zero-order valence-electron chi connectivity index (χ0n) is 22.4. The van der Waals surface area contributed by atoms with E-state index in [1.807, 2.05) is 13.8 Å². The van der Waals surface area contributed by atoms with Crippen LogP contribution in [0.5, 0.6) is 0 Å². The van der Waals surface area contributed by atoms with Crippen LogP contribution in [-0.4, -0.2) is 83.2 Å². The number of benzene rings is 1. The van der Waals surface area contributed by atoms with Crippen LogP contribution < -0.4 is 4.90 Å². The molecule has 3 saturated heterocycles. The Morgan fingerprint density at radius 3 is 2.45 bits per heavy atom. The van der Waals surface area contributed by atoms with Crippen LogP contribution in [0.1, 0.15) is 33.1 Å². The lowest BCUT2D eigenvalue weighted by Gasteiger charge is -2.38. The molecule has 3 aliphatic rings. The smallest absolute Gasteiger partial charge is 0.253 e. The van der Waals surface area contributed by atoms with Crippen LogP contribution >= 0.6 is 11.6 Å². The molecule has 1 aromatic rings. The predicted octanol–water partition coefficient (Wildman–Crippen LogP) is 3.29. The predicted molar refractivity (Wildman–Crippen MR) is 147 cm³/mol. The fourth-order valence-electron chi connectivity index (χ4n) is 6.77. The van der Waals surface area contributed by atoms with E-state index in [2.05, 4.69) is 13.2 Å². The number of hydrogen-bond acceptors (Lipinski definition) is 5. The van der Waals surface area contributed by atoms with Gasteiger partial charge in [0.15, 0.2) is 0 Å². The van der Waals surface area contributed by atoms with Gasteiger partial charge in [-0.15, -0.1) is 13.2 Å². The van der Waals surface area contributed by atoms with Crippen LogP contribution in [0.25, 0.3) is 0 Å². The molecular formula is C29H38ClN3O5. The van der Waals surface area contributed by atoms with Gasteiger partial charge in [0, 0.05) is 44.0 Å². The fraction of sp³-hybridized carbons (Fsp3) is 0.552. The summed E-state index contributed by atoms with van der Waals surface area (Å²) in [6.07, 6.45) is 4.80. The van der Waals surface area contributed by atoms with E-state index in [-0.39, 0.29) is 43.3 Å². The number of likely N-dealkylation sites (tertiary alicyclic amines) is 1. The van der Waals surface area contributed by atoms with Crippen molar-refractivity contribution in [2.45, 2.75) is 50.4 Å². The molecule has 3 amide bonds. The Hall–Kier alpha value is -2.68. The van der Waals surface area contributed by atoms with Gasteiger partial charge in [-0.25, -0.2) is 0 Å². The first-order chi connectivity index (χ1) is 18.1. The number of likely N-dealkylation sites (N-methyl/N-ethyl adjacent to an activating group) is 1. The molecule has 1 spiro atoms. The summed E-state index contributed by atoms with van der Waals surface area (Å²) >= 11 is 6.10. The lowest BCUT2D eigenvalue weighted by Crippen LogP contribution is -2.57. The number of ether oxygens (including phenoxy) is 1. The molecule has 6 atom stereocenters. The number of anilines is 1. The molecule has 3 fully saturated rings. The highest BCUT2D eigenvalue weighted by molar-refractivity contribution is 6.30. The maximum atomic E-state index is 14.5. The van der Waals surface area contributed by atoms with E-state index in [1.54, 1.807) is 58.2 Å². The largest absolute Gasteiger partial charge is 0.396 e. The lowest BCUT2D eigenvalue weighted by molar-refractivity contribution is -0.150. The molecule has 8 nitrogen and oxygen atoms in total. The van der Waals surface area contributed by atoms with Gasteiger partial charge in [0.1, 0.15) is 11.6 Å². The third-order valence-corrected chi connectivity index (χ3v) is 8.87. The van der Waals surface area contributed by atoms with E-state index < -0.39 is 29.1 Å². The molecule has 206 valence electrons. The number of rotatable bonds is 11. The summed E-state index contributed by atoms with van der Waals surface area (Å²) in [5.74, 6) is -2.24. The summed E-state index contributed by atoms with van der Waals surface area (Å²) in [5.41, 5.74) is -1.39. The second kappa shape index (κ2) is 10.8. The summed E-state index contributed by atoms with van der Waals surface area (Å²) in [6, 6.07) is 6.04. The number of fused-ring (bicyclic) bond motifs is 1. The standard InChI is InChI=1S/C29H38ClN3O5/c1-6-14-31(5)25(35)22-23-26(36)33(16-8-9-17-34)24(29(23)18-19(3)28(22,4)38-29)27(37)32(15-7-2)21-12-10-20(30)11-13-21/h6-7,10-13,19,22-24,34H,1-2,8-9,14-18H2,3-5H3/t19?,22-,23-,24?,28+,29?/m0/s1. The molecule has 4 rings (SSSR count). The van der Waals surface area contributed by atoms with E-state index in [1.165, 1.54) is 0 Å². The van der Waals surface area contributed by atoms with Crippen molar-refractivity contribution >= 4 is 35.0 Å². The van der Waals surface area contributed by atoms with E-state index in [0.717, 1.165) is 0 Å². The second-order valence-electron chi connectivity index (χ2n) is 10.9. The Kier molecular flexibility index (Phi) is 8.07. The van der Waals surface area contributed by atoms with Gasteiger partial charge in [0.25, 0.3) is 5.91 Å². The maximum Gasteiger partial charge on any atom is 0.253 e. The Morgan fingerprint density at radius 2 is 1.84 bits per heavy atom. The lowest BCUT2D eigenvalue weighted by atomic mass is 9.62. The molecule has 3 aliphatic heterocycles.